The number of nitrogens with two attached hydrogens (primary N) is 1. The summed E-state index contributed by atoms with van der Waals surface area (Å²) in [5.41, 5.74) is 6.56. The van der Waals surface area contributed by atoms with Gasteiger partial charge in [-0.3, -0.25) is 4.79 Å². The molecule has 0 unspecified atom stereocenters. The highest BCUT2D eigenvalue weighted by molar-refractivity contribution is 5.94. The Hall–Kier alpha value is -1.69. The molecule has 0 saturated carbocycles. The van der Waals surface area contributed by atoms with Crippen molar-refractivity contribution in [3.05, 3.63) is 11.8 Å². The Bertz CT molecular complexity index is 423. The SMILES string of the molecule is CC[C@H](C)[C@H](N)C(=O)Nc1cc(C)nc(OC)n1. The second-order valence-corrected chi connectivity index (χ2v) is 4.28. The lowest BCUT2D eigenvalue weighted by molar-refractivity contribution is -0.118. The number of carbonyl (C=O) groups is 1. The molecule has 0 spiro atoms. The summed E-state index contributed by atoms with van der Waals surface area (Å²) in [7, 11) is 1.48. The number of rotatable bonds is 5. The molecule has 0 fully saturated rings. The van der Waals surface area contributed by atoms with Crippen molar-refractivity contribution in [3.8, 4) is 6.01 Å². The van der Waals surface area contributed by atoms with Gasteiger partial charge in [0, 0.05) is 11.8 Å². The molecule has 0 aliphatic carbocycles. The summed E-state index contributed by atoms with van der Waals surface area (Å²) in [6, 6.07) is 1.35. The molecular weight excluding hydrogens is 232 g/mol. The molecule has 18 heavy (non-hydrogen) atoms. The number of methoxy groups -OCH3 is 1. The third kappa shape index (κ3) is 3.66. The van der Waals surface area contributed by atoms with Crippen LogP contribution in [0.2, 0.25) is 0 Å². The Morgan fingerprint density at radius 1 is 1.56 bits per heavy atom. The first-order valence-electron chi connectivity index (χ1n) is 5.94. The summed E-state index contributed by atoms with van der Waals surface area (Å²) in [6.07, 6.45) is 0.848. The number of aryl methyl sites for hydroxylation is 1. The van der Waals surface area contributed by atoms with Gasteiger partial charge in [0.15, 0.2) is 0 Å². The minimum absolute atomic E-state index is 0.120. The molecule has 1 aromatic heterocycles. The monoisotopic (exact) mass is 252 g/mol. The molecule has 1 aromatic rings. The van der Waals surface area contributed by atoms with Crippen LogP contribution in [0.3, 0.4) is 0 Å². The van der Waals surface area contributed by atoms with Crippen molar-refractivity contribution in [2.24, 2.45) is 11.7 Å². The Balaban J connectivity index is 2.78. The van der Waals surface area contributed by atoms with E-state index in [9.17, 15) is 4.79 Å². The van der Waals surface area contributed by atoms with Crippen molar-refractivity contribution < 1.29 is 9.53 Å². The van der Waals surface area contributed by atoms with E-state index in [4.69, 9.17) is 10.5 Å². The lowest BCUT2D eigenvalue weighted by atomic mass is 9.99. The van der Waals surface area contributed by atoms with Crippen LogP contribution in [0.5, 0.6) is 6.01 Å². The van der Waals surface area contributed by atoms with Gasteiger partial charge in [-0.15, -0.1) is 0 Å². The van der Waals surface area contributed by atoms with E-state index in [-0.39, 0.29) is 17.8 Å². The van der Waals surface area contributed by atoms with E-state index in [2.05, 4.69) is 15.3 Å². The molecule has 100 valence electrons. The smallest absolute Gasteiger partial charge is 0.318 e. The number of amides is 1. The Kier molecular flexibility index (Phi) is 5.03. The van der Waals surface area contributed by atoms with Crippen LogP contribution in [0.25, 0.3) is 0 Å². The number of anilines is 1. The van der Waals surface area contributed by atoms with Crippen LogP contribution in [0.4, 0.5) is 5.82 Å². The maximum absolute atomic E-state index is 11.9. The van der Waals surface area contributed by atoms with Gasteiger partial charge < -0.3 is 15.8 Å². The molecule has 6 nitrogen and oxygen atoms in total. The van der Waals surface area contributed by atoms with Gasteiger partial charge in [0.25, 0.3) is 0 Å². The first-order chi connectivity index (χ1) is 8.47. The van der Waals surface area contributed by atoms with Crippen LogP contribution in [0.15, 0.2) is 6.07 Å². The molecule has 1 rings (SSSR count). The molecule has 2 atom stereocenters. The predicted molar refractivity (Wildman–Crippen MR) is 69.4 cm³/mol. The third-order valence-electron chi connectivity index (χ3n) is 2.83. The van der Waals surface area contributed by atoms with Gasteiger partial charge in [-0.05, 0) is 12.8 Å². The minimum Gasteiger partial charge on any atom is -0.467 e. The van der Waals surface area contributed by atoms with E-state index in [0.717, 1.165) is 6.42 Å². The minimum atomic E-state index is -0.545. The fourth-order valence-corrected chi connectivity index (χ4v) is 1.42. The standard InChI is InChI=1S/C12H20N4O2/c1-5-7(2)10(13)11(17)15-9-6-8(3)14-12(16-9)18-4/h6-7,10H,5,13H2,1-4H3,(H,14,15,16,17)/t7-,10-/m0/s1. The summed E-state index contributed by atoms with van der Waals surface area (Å²) in [5.74, 6) is 0.280. The molecule has 6 heteroatoms. The Morgan fingerprint density at radius 2 is 2.22 bits per heavy atom. The van der Waals surface area contributed by atoms with Gasteiger partial charge in [-0.1, -0.05) is 20.3 Å². The van der Waals surface area contributed by atoms with E-state index in [1.54, 1.807) is 13.0 Å². The summed E-state index contributed by atoms with van der Waals surface area (Å²) in [5, 5.41) is 2.68. The van der Waals surface area contributed by atoms with Gasteiger partial charge in [-0.2, -0.15) is 4.98 Å². The van der Waals surface area contributed by atoms with Crippen molar-refractivity contribution >= 4 is 11.7 Å². The highest BCUT2D eigenvalue weighted by Crippen LogP contribution is 2.12. The van der Waals surface area contributed by atoms with E-state index in [1.165, 1.54) is 7.11 Å². The van der Waals surface area contributed by atoms with Crippen LogP contribution >= 0.6 is 0 Å². The van der Waals surface area contributed by atoms with Crippen molar-refractivity contribution in [2.75, 3.05) is 12.4 Å². The molecule has 3 N–H and O–H groups in total. The molecule has 0 aliphatic heterocycles. The number of aromatic nitrogens is 2. The molecule has 1 heterocycles. The molecule has 0 aliphatic rings. The average Bonchev–Trinajstić information content (AvgIpc) is 2.35. The number of carbonyl (C=O) groups excluding carboxylic acids is 1. The van der Waals surface area contributed by atoms with Gasteiger partial charge in [-0.25, -0.2) is 4.98 Å². The van der Waals surface area contributed by atoms with E-state index in [0.29, 0.717) is 11.5 Å². The van der Waals surface area contributed by atoms with Crippen molar-refractivity contribution in [2.45, 2.75) is 33.2 Å². The molecule has 0 saturated heterocycles. The lowest BCUT2D eigenvalue weighted by Gasteiger charge is -2.17. The van der Waals surface area contributed by atoms with Crippen LogP contribution < -0.4 is 15.8 Å². The Morgan fingerprint density at radius 3 is 2.78 bits per heavy atom. The number of ether oxygens (including phenoxy) is 1. The van der Waals surface area contributed by atoms with Crippen molar-refractivity contribution in [3.63, 3.8) is 0 Å². The largest absolute Gasteiger partial charge is 0.467 e. The highest BCUT2D eigenvalue weighted by atomic mass is 16.5. The summed E-state index contributed by atoms with van der Waals surface area (Å²) in [6.45, 7) is 5.74. The van der Waals surface area contributed by atoms with Gasteiger partial charge in [0.1, 0.15) is 5.82 Å². The zero-order chi connectivity index (χ0) is 13.7. The second-order valence-electron chi connectivity index (χ2n) is 4.28. The van der Waals surface area contributed by atoms with Crippen LogP contribution in [0, 0.1) is 12.8 Å². The molecule has 1 amide bonds. The molecule has 0 bridgehead atoms. The van der Waals surface area contributed by atoms with Crippen molar-refractivity contribution in [1.29, 1.82) is 0 Å². The predicted octanol–water partition coefficient (Wildman–Crippen LogP) is 1.11. The molecule has 0 aromatic carbocycles. The maximum Gasteiger partial charge on any atom is 0.318 e. The van der Waals surface area contributed by atoms with Gasteiger partial charge in [0.2, 0.25) is 5.91 Å². The highest BCUT2D eigenvalue weighted by Gasteiger charge is 2.20. The van der Waals surface area contributed by atoms with E-state index < -0.39 is 6.04 Å². The van der Waals surface area contributed by atoms with Crippen LogP contribution in [-0.2, 0) is 4.79 Å². The number of nitrogens with zero attached hydrogens (tertiary/aromatic N) is 2. The van der Waals surface area contributed by atoms with Gasteiger partial charge >= 0.3 is 6.01 Å². The Labute approximate surface area is 107 Å². The summed E-state index contributed by atoms with van der Waals surface area (Å²) >= 11 is 0. The zero-order valence-electron chi connectivity index (χ0n) is 11.2. The first kappa shape index (κ1) is 14.4. The maximum atomic E-state index is 11.9. The molecular formula is C12H20N4O2. The summed E-state index contributed by atoms with van der Waals surface area (Å²) in [4.78, 5) is 20.0. The van der Waals surface area contributed by atoms with E-state index in [1.807, 2.05) is 13.8 Å². The summed E-state index contributed by atoms with van der Waals surface area (Å²) < 4.78 is 4.94. The van der Waals surface area contributed by atoms with E-state index >= 15 is 0 Å². The number of hydrogen-bond acceptors (Lipinski definition) is 5. The number of hydrogen-bond donors (Lipinski definition) is 2. The zero-order valence-corrected chi connectivity index (χ0v) is 11.2. The fourth-order valence-electron chi connectivity index (χ4n) is 1.42. The fraction of sp³-hybridized carbons (Fsp3) is 0.583. The first-order valence-corrected chi connectivity index (χ1v) is 5.94. The normalized spacial score (nSPS) is 13.8. The average molecular weight is 252 g/mol. The topological polar surface area (TPSA) is 90.1 Å². The van der Waals surface area contributed by atoms with Gasteiger partial charge in [0.05, 0.1) is 13.2 Å². The lowest BCUT2D eigenvalue weighted by Crippen LogP contribution is -2.40. The second kappa shape index (κ2) is 6.30. The molecule has 0 radical (unpaired) electrons. The van der Waals surface area contributed by atoms with Crippen LogP contribution in [-0.4, -0.2) is 29.0 Å². The quantitative estimate of drug-likeness (QED) is 0.819. The van der Waals surface area contributed by atoms with Crippen molar-refractivity contribution in [1.82, 2.24) is 9.97 Å². The van der Waals surface area contributed by atoms with Crippen LogP contribution in [0.1, 0.15) is 26.0 Å². The third-order valence-corrected chi connectivity index (χ3v) is 2.83. The number of nitrogens with one attached hydrogen (secondary N) is 1.